The standard InChI is InChI=1S/C22H24FN7O4S/c1-3-22(23,17-11-25-12-19(28-17)30-35(32,33)15-6-7-15)21(31)29-18-8-5-14(9-26-18)16-10-24-13-20(27-16)34-4-2/h5,8-13,15H,3-4,6-7H2,1-2H3,(H,28,30)(H,26,29,31). The summed E-state index contributed by atoms with van der Waals surface area (Å²) in [7, 11) is -3.61. The third kappa shape index (κ3) is 5.50. The first-order valence-corrected chi connectivity index (χ1v) is 12.6. The lowest BCUT2D eigenvalue weighted by atomic mass is 9.97. The van der Waals surface area contributed by atoms with Gasteiger partial charge in [-0.05, 0) is 38.3 Å². The van der Waals surface area contributed by atoms with Gasteiger partial charge in [0.05, 0.1) is 42.3 Å². The molecule has 0 aromatic carbocycles. The molecular formula is C22H24FN7O4S. The molecule has 0 spiro atoms. The van der Waals surface area contributed by atoms with Gasteiger partial charge in [-0.2, -0.15) is 0 Å². The number of nitrogens with one attached hydrogen (secondary N) is 2. The summed E-state index contributed by atoms with van der Waals surface area (Å²) in [6.07, 6.45) is 7.63. The number of rotatable bonds is 10. The fraction of sp³-hybridized carbons (Fsp3) is 0.364. The molecule has 1 amide bonds. The monoisotopic (exact) mass is 501 g/mol. The molecule has 3 heterocycles. The first kappa shape index (κ1) is 24.4. The number of halogens is 1. The second-order valence-electron chi connectivity index (χ2n) is 7.85. The molecule has 0 radical (unpaired) electrons. The molecular weight excluding hydrogens is 477 g/mol. The summed E-state index contributed by atoms with van der Waals surface area (Å²) in [5, 5.41) is 1.96. The average molecular weight is 502 g/mol. The number of hydrogen-bond acceptors (Lipinski definition) is 9. The van der Waals surface area contributed by atoms with E-state index in [-0.39, 0.29) is 23.8 Å². The van der Waals surface area contributed by atoms with Gasteiger partial charge in [0, 0.05) is 11.8 Å². The zero-order valence-corrected chi connectivity index (χ0v) is 19.9. The van der Waals surface area contributed by atoms with E-state index in [0.717, 1.165) is 6.20 Å². The van der Waals surface area contributed by atoms with Crippen molar-refractivity contribution in [2.24, 2.45) is 0 Å². The smallest absolute Gasteiger partial charge is 0.269 e. The largest absolute Gasteiger partial charge is 0.477 e. The number of sulfonamides is 1. The minimum atomic E-state index is -3.61. The molecule has 1 saturated carbocycles. The Morgan fingerprint density at radius 1 is 1.09 bits per heavy atom. The lowest BCUT2D eigenvalue weighted by Crippen LogP contribution is -2.37. The van der Waals surface area contributed by atoms with Crippen molar-refractivity contribution in [1.29, 1.82) is 0 Å². The quantitative estimate of drug-likeness (QED) is 0.427. The van der Waals surface area contributed by atoms with Gasteiger partial charge in [-0.15, -0.1) is 0 Å². The molecule has 2 N–H and O–H groups in total. The summed E-state index contributed by atoms with van der Waals surface area (Å²) < 4.78 is 47.8. The number of amides is 1. The van der Waals surface area contributed by atoms with Crippen LogP contribution in [0.1, 0.15) is 38.8 Å². The first-order chi connectivity index (χ1) is 16.7. The zero-order valence-electron chi connectivity index (χ0n) is 19.1. The number of carbonyl (C=O) groups excluding carboxylic acids is 1. The van der Waals surface area contributed by atoms with Gasteiger partial charge in [-0.1, -0.05) is 6.92 Å². The van der Waals surface area contributed by atoms with Crippen LogP contribution in [0.5, 0.6) is 5.88 Å². The van der Waals surface area contributed by atoms with Crippen LogP contribution in [0.25, 0.3) is 11.3 Å². The number of nitrogens with zero attached hydrogens (tertiary/aromatic N) is 5. The van der Waals surface area contributed by atoms with Gasteiger partial charge in [0.1, 0.15) is 11.5 Å². The maximum Gasteiger partial charge on any atom is 0.269 e. The van der Waals surface area contributed by atoms with Crippen LogP contribution in [0.4, 0.5) is 16.0 Å². The second kappa shape index (κ2) is 9.86. The Hall–Kier alpha value is -3.74. The summed E-state index contributed by atoms with van der Waals surface area (Å²) in [6.45, 7) is 3.76. The minimum absolute atomic E-state index is 0.113. The topological polar surface area (TPSA) is 149 Å². The number of aromatic nitrogens is 5. The highest BCUT2D eigenvalue weighted by atomic mass is 32.2. The highest BCUT2D eigenvalue weighted by Gasteiger charge is 2.42. The Morgan fingerprint density at radius 3 is 2.51 bits per heavy atom. The predicted molar refractivity (Wildman–Crippen MR) is 126 cm³/mol. The highest BCUT2D eigenvalue weighted by Crippen LogP contribution is 2.32. The van der Waals surface area contributed by atoms with Crippen LogP contribution in [0, 0.1) is 0 Å². The molecule has 184 valence electrons. The number of ether oxygens (including phenoxy) is 1. The minimum Gasteiger partial charge on any atom is -0.477 e. The molecule has 13 heteroatoms. The number of pyridine rings is 1. The third-order valence-corrected chi connectivity index (χ3v) is 7.15. The number of carbonyl (C=O) groups is 1. The Labute approximate surface area is 201 Å². The Kier molecular flexibility index (Phi) is 6.87. The summed E-state index contributed by atoms with van der Waals surface area (Å²) in [6, 6.07) is 3.16. The van der Waals surface area contributed by atoms with Crippen LogP contribution in [-0.4, -0.2) is 51.1 Å². The van der Waals surface area contributed by atoms with Crippen LogP contribution in [0.3, 0.4) is 0 Å². The van der Waals surface area contributed by atoms with Crippen LogP contribution in [-0.2, 0) is 20.5 Å². The molecule has 4 rings (SSSR count). The van der Waals surface area contributed by atoms with Crippen LogP contribution >= 0.6 is 0 Å². The van der Waals surface area contributed by atoms with Crippen molar-refractivity contribution in [2.75, 3.05) is 16.6 Å². The number of anilines is 2. The maximum atomic E-state index is 15.8. The van der Waals surface area contributed by atoms with E-state index in [1.165, 1.54) is 31.6 Å². The Morgan fingerprint density at radius 2 is 1.86 bits per heavy atom. The maximum absolute atomic E-state index is 15.8. The van der Waals surface area contributed by atoms with Gasteiger partial charge in [0.25, 0.3) is 5.91 Å². The Bertz CT molecular complexity index is 1320. The van der Waals surface area contributed by atoms with Crippen molar-refractivity contribution in [3.05, 3.63) is 48.8 Å². The van der Waals surface area contributed by atoms with Crippen LogP contribution < -0.4 is 14.8 Å². The Balaban J connectivity index is 1.50. The molecule has 1 fully saturated rings. The van der Waals surface area contributed by atoms with E-state index >= 15 is 4.39 Å². The molecule has 0 aliphatic heterocycles. The average Bonchev–Trinajstić information content (AvgIpc) is 3.71. The molecule has 1 atom stereocenters. The van der Waals surface area contributed by atoms with Crippen molar-refractivity contribution in [3.8, 4) is 17.1 Å². The van der Waals surface area contributed by atoms with Crippen molar-refractivity contribution in [1.82, 2.24) is 24.9 Å². The lowest BCUT2D eigenvalue weighted by Gasteiger charge is -2.22. The summed E-state index contributed by atoms with van der Waals surface area (Å²) >= 11 is 0. The van der Waals surface area contributed by atoms with Gasteiger partial charge in [0.2, 0.25) is 21.6 Å². The van der Waals surface area contributed by atoms with Crippen molar-refractivity contribution in [2.45, 2.75) is 44.0 Å². The second-order valence-corrected chi connectivity index (χ2v) is 9.81. The van der Waals surface area contributed by atoms with Gasteiger partial charge in [0.15, 0.2) is 5.82 Å². The van der Waals surface area contributed by atoms with E-state index in [1.807, 2.05) is 6.92 Å². The van der Waals surface area contributed by atoms with Crippen molar-refractivity contribution in [3.63, 3.8) is 0 Å². The van der Waals surface area contributed by atoms with E-state index in [9.17, 15) is 13.2 Å². The van der Waals surface area contributed by atoms with Gasteiger partial charge < -0.3 is 10.1 Å². The van der Waals surface area contributed by atoms with Gasteiger partial charge >= 0.3 is 0 Å². The molecule has 0 saturated heterocycles. The molecule has 3 aromatic rings. The SMILES string of the molecule is CCOc1cncc(-c2ccc(NC(=O)C(F)(CC)c3cncc(NS(=O)(=O)C4CC4)n3)nc2)n1. The van der Waals surface area contributed by atoms with Gasteiger partial charge in [-0.25, -0.2) is 27.8 Å². The van der Waals surface area contributed by atoms with Gasteiger partial charge in [-0.3, -0.25) is 19.5 Å². The molecule has 1 unspecified atom stereocenters. The first-order valence-electron chi connectivity index (χ1n) is 11.0. The van der Waals surface area contributed by atoms with E-state index in [0.29, 0.717) is 36.6 Å². The van der Waals surface area contributed by atoms with E-state index in [2.05, 4.69) is 35.0 Å². The lowest BCUT2D eigenvalue weighted by molar-refractivity contribution is -0.128. The van der Waals surface area contributed by atoms with Crippen molar-refractivity contribution < 1.29 is 22.3 Å². The molecule has 0 bridgehead atoms. The normalized spacial score (nSPS) is 15.2. The molecule has 11 nitrogen and oxygen atoms in total. The zero-order chi connectivity index (χ0) is 25.1. The van der Waals surface area contributed by atoms with Crippen LogP contribution in [0.15, 0.2) is 43.1 Å². The molecule has 1 aliphatic carbocycles. The predicted octanol–water partition coefficient (Wildman–Crippen LogP) is 2.84. The van der Waals surface area contributed by atoms with Crippen LogP contribution in [0.2, 0.25) is 0 Å². The molecule has 3 aromatic heterocycles. The summed E-state index contributed by atoms with van der Waals surface area (Å²) in [4.78, 5) is 33.3. The fourth-order valence-electron chi connectivity index (χ4n) is 3.21. The summed E-state index contributed by atoms with van der Waals surface area (Å²) in [5.41, 5.74) is -1.73. The summed E-state index contributed by atoms with van der Waals surface area (Å²) in [5.74, 6) is -0.664. The molecule has 35 heavy (non-hydrogen) atoms. The highest BCUT2D eigenvalue weighted by molar-refractivity contribution is 7.93. The third-order valence-electron chi connectivity index (χ3n) is 5.30. The molecule has 1 aliphatic rings. The number of alkyl halides is 1. The fourth-order valence-corrected chi connectivity index (χ4v) is 4.52. The number of hydrogen-bond donors (Lipinski definition) is 2. The van der Waals surface area contributed by atoms with E-state index < -0.39 is 26.8 Å². The van der Waals surface area contributed by atoms with E-state index in [1.54, 1.807) is 12.3 Å². The van der Waals surface area contributed by atoms with Crippen molar-refractivity contribution >= 4 is 27.6 Å². The van der Waals surface area contributed by atoms with E-state index in [4.69, 9.17) is 4.74 Å².